The molecule has 1 heterocycles. The average molecular weight is 442 g/mol. The van der Waals surface area contributed by atoms with Gasteiger partial charge in [0.2, 0.25) is 11.8 Å². The highest BCUT2D eigenvalue weighted by molar-refractivity contribution is 6.06. The van der Waals surface area contributed by atoms with Crippen LogP contribution in [0.5, 0.6) is 0 Å². The molecule has 3 aromatic carbocycles. The molecule has 6 heteroatoms. The van der Waals surface area contributed by atoms with Gasteiger partial charge in [-0.2, -0.15) is 0 Å². The lowest BCUT2D eigenvalue weighted by Crippen LogP contribution is -2.34. The molecule has 0 radical (unpaired) electrons. The van der Waals surface area contributed by atoms with Crippen LogP contribution in [0.4, 0.5) is 11.4 Å². The van der Waals surface area contributed by atoms with Gasteiger partial charge in [0, 0.05) is 43.5 Å². The Balaban J connectivity index is 1.43. The number of amides is 3. The lowest BCUT2D eigenvalue weighted by molar-refractivity contribution is -0.135. The summed E-state index contributed by atoms with van der Waals surface area (Å²) in [6.07, 6.45) is 0.164. The van der Waals surface area contributed by atoms with Gasteiger partial charge in [-0.3, -0.25) is 14.4 Å². The van der Waals surface area contributed by atoms with E-state index in [0.29, 0.717) is 24.3 Å². The second-order valence-corrected chi connectivity index (χ2v) is 8.46. The summed E-state index contributed by atoms with van der Waals surface area (Å²) in [7, 11) is 1.76. The molecule has 3 amide bonds. The van der Waals surface area contributed by atoms with Crippen molar-refractivity contribution in [2.24, 2.45) is 5.92 Å². The summed E-state index contributed by atoms with van der Waals surface area (Å²) in [6.45, 7) is 2.77. The average Bonchev–Trinajstić information content (AvgIpc) is 3.21. The quantitative estimate of drug-likeness (QED) is 0.621. The predicted octanol–water partition coefficient (Wildman–Crippen LogP) is 4.26. The molecule has 33 heavy (non-hydrogen) atoms. The molecular weight excluding hydrogens is 414 g/mol. The Labute approximate surface area is 193 Å². The zero-order valence-electron chi connectivity index (χ0n) is 18.8. The zero-order valence-corrected chi connectivity index (χ0v) is 18.8. The first-order chi connectivity index (χ1) is 15.9. The van der Waals surface area contributed by atoms with Crippen molar-refractivity contribution in [1.82, 2.24) is 4.90 Å². The van der Waals surface area contributed by atoms with Crippen LogP contribution in [0.25, 0.3) is 0 Å². The number of anilines is 2. The number of hydrogen-bond acceptors (Lipinski definition) is 3. The van der Waals surface area contributed by atoms with E-state index in [2.05, 4.69) is 5.32 Å². The fourth-order valence-corrected chi connectivity index (χ4v) is 4.11. The Bertz CT molecular complexity index is 1180. The van der Waals surface area contributed by atoms with Gasteiger partial charge in [0.25, 0.3) is 5.91 Å². The fraction of sp³-hybridized carbons (Fsp3) is 0.222. The second kappa shape index (κ2) is 9.69. The number of carbonyl (C=O) groups is 3. The van der Waals surface area contributed by atoms with Gasteiger partial charge in [-0.05, 0) is 48.4 Å². The molecule has 0 saturated carbocycles. The maximum atomic E-state index is 13.0. The van der Waals surface area contributed by atoms with Crippen LogP contribution in [0, 0.1) is 12.8 Å². The number of rotatable bonds is 6. The van der Waals surface area contributed by atoms with Crippen LogP contribution in [0.1, 0.15) is 27.9 Å². The van der Waals surface area contributed by atoms with Crippen LogP contribution in [0.2, 0.25) is 0 Å². The molecule has 1 fully saturated rings. The van der Waals surface area contributed by atoms with Crippen molar-refractivity contribution in [3.05, 3.63) is 95.6 Å². The smallest absolute Gasteiger partial charge is 0.255 e. The summed E-state index contributed by atoms with van der Waals surface area (Å²) >= 11 is 0. The molecule has 1 N–H and O–H groups in total. The third kappa shape index (κ3) is 5.29. The summed E-state index contributed by atoms with van der Waals surface area (Å²) in [5.41, 5.74) is 3.89. The highest BCUT2D eigenvalue weighted by atomic mass is 16.2. The van der Waals surface area contributed by atoms with Crippen molar-refractivity contribution in [3.8, 4) is 0 Å². The summed E-state index contributed by atoms with van der Waals surface area (Å²) in [5, 5.41) is 2.89. The number of hydrogen-bond donors (Lipinski definition) is 1. The molecule has 0 aromatic heterocycles. The van der Waals surface area contributed by atoms with Gasteiger partial charge >= 0.3 is 0 Å². The fourth-order valence-electron chi connectivity index (χ4n) is 4.11. The van der Waals surface area contributed by atoms with Crippen molar-refractivity contribution in [3.63, 3.8) is 0 Å². The normalized spacial score (nSPS) is 15.4. The van der Waals surface area contributed by atoms with Crippen LogP contribution in [0.15, 0.2) is 78.9 Å². The zero-order chi connectivity index (χ0) is 23.4. The Morgan fingerprint density at radius 1 is 1.00 bits per heavy atom. The molecule has 4 rings (SSSR count). The highest BCUT2D eigenvalue weighted by Crippen LogP contribution is 2.27. The van der Waals surface area contributed by atoms with Crippen molar-refractivity contribution in [1.29, 1.82) is 0 Å². The second-order valence-electron chi connectivity index (χ2n) is 8.46. The highest BCUT2D eigenvalue weighted by Gasteiger charge is 2.36. The Kier molecular flexibility index (Phi) is 6.54. The molecule has 3 aromatic rings. The van der Waals surface area contributed by atoms with Gasteiger partial charge in [0.1, 0.15) is 0 Å². The lowest BCUT2D eigenvalue weighted by Gasteiger charge is -2.22. The number of carbonyl (C=O) groups excluding carboxylic acids is 3. The molecule has 1 aliphatic rings. The maximum Gasteiger partial charge on any atom is 0.255 e. The van der Waals surface area contributed by atoms with Gasteiger partial charge < -0.3 is 15.1 Å². The van der Waals surface area contributed by atoms with Crippen LogP contribution in [-0.2, 0) is 16.1 Å². The Hall–Kier alpha value is -3.93. The van der Waals surface area contributed by atoms with Crippen molar-refractivity contribution in [2.75, 3.05) is 23.8 Å². The minimum atomic E-state index is -0.406. The summed E-state index contributed by atoms with van der Waals surface area (Å²) in [6, 6.07) is 24.3. The molecule has 1 aliphatic heterocycles. The Morgan fingerprint density at radius 2 is 1.76 bits per heavy atom. The van der Waals surface area contributed by atoms with Gasteiger partial charge in [-0.1, -0.05) is 48.5 Å². The number of aryl methyl sites for hydroxylation is 1. The predicted molar refractivity (Wildman–Crippen MR) is 129 cm³/mol. The van der Waals surface area contributed by atoms with E-state index < -0.39 is 5.92 Å². The van der Waals surface area contributed by atoms with E-state index in [-0.39, 0.29) is 24.1 Å². The molecule has 168 valence electrons. The molecule has 6 nitrogen and oxygen atoms in total. The number of nitrogens with one attached hydrogen (secondary N) is 1. The first kappa shape index (κ1) is 22.3. The van der Waals surface area contributed by atoms with Crippen molar-refractivity contribution in [2.45, 2.75) is 19.9 Å². The van der Waals surface area contributed by atoms with E-state index in [1.807, 2.05) is 61.5 Å². The lowest BCUT2D eigenvalue weighted by atomic mass is 10.1. The summed E-state index contributed by atoms with van der Waals surface area (Å²) < 4.78 is 0. The standard InChI is InChI=1S/C27H27N3O3/c1-19-8-6-12-23(14-19)28-26(32)21-11-7-13-24(15-21)30-18-22(16-25(30)31)27(33)29(2)17-20-9-4-3-5-10-20/h3-15,22H,16-18H2,1-2H3,(H,28,32)/t22-/m1/s1. The summed E-state index contributed by atoms with van der Waals surface area (Å²) in [5.74, 6) is -0.818. The molecule has 1 saturated heterocycles. The first-order valence-electron chi connectivity index (χ1n) is 11.0. The first-order valence-corrected chi connectivity index (χ1v) is 11.0. The molecular formula is C27H27N3O3. The maximum absolute atomic E-state index is 13.0. The van der Waals surface area contributed by atoms with Gasteiger partial charge in [0.05, 0.1) is 5.92 Å². The van der Waals surface area contributed by atoms with Crippen LogP contribution >= 0.6 is 0 Å². The topological polar surface area (TPSA) is 69.7 Å². The number of nitrogens with zero attached hydrogens (tertiary/aromatic N) is 2. The molecule has 1 atom stereocenters. The van der Waals surface area contributed by atoms with Gasteiger partial charge in [-0.15, -0.1) is 0 Å². The van der Waals surface area contributed by atoms with Crippen LogP contribution in [-0.4, -0.2) is 36.2 Å². The van der Waals surface area contributed by atoms with E-state index in [0.717, 1.165) is 16.8 Å². The van der Waals surface area contributed by atoms with E-state index in [1.165, 1.54) is 0 Å². The van der Waals surface area contributed by atoms with E-state index in [4.69, 9.17) is 0 Å². The van der Waals surface area contributed by atoms with Crippen molar-refractivity contribution >= 4 is 29.1 Å². The molecule has 0 spiro atoms. The third-order valence-corrected chi connectivity index (χ3v) is 5.81. The van der Waals surface area contributed by atoms with E-state index in [1.54, 1.807) is 41.1 Å². The van der Waals surface area contributed by atoms with Crippen molar-refractivity contribution < 1.29 is 14.4 Å². The van der Waals surface area contributed by atoms with Gasteiger partial charge in [0.15, 0.2) is 0 Å². The van der Waals surface area contributed by atoms with E-state index >= 15 is 0 Å². The van der Waals surface area contributed by atoms with Crippen LogP contribution < -0.4 is 10.2 Å². The molecule has 0 aliphatic carbocycles. The summed E-state index contributed by atoms with van der Waals surface area (Å²) in [4.78, 5) is 41.7. The number of benzene rings is 3. The monoisotopic (exact) mass is 441 g/mol. The molecule has 0 bridgehead atoms. The third-order valence-electron chi connectivity index (χ3n) is 5.81. The SMILES string of the molecule is Cc1cccc(NC(=O)c2cccc(N3C[C@H](C(=O)N(C)Cc4ccccc4)CC3=O)c2)c1. The molecule has 0 unspecified atom stereocenters. The van der Waals surface area contributed by atoms with Gasteiger partial charge in [-0.25, -0.2) is 0 Å². The minimum absolute atomic E-state index is 0.0527. The van der Waals surface area contributed by atoms with Crippen LogP contribution in [0.3, 0.4) is 0 Å². The largest absolute Gasteiger partial charge is 0.341 e. The Morgan fingerprint density at radius 3 is 2.52 bits per heavy atom. The van der Waals surface area contributed by atoms with E-state index in [9.17, 15) is 14.4 Å². The minimum Gasteiger partial charge on any atom is -0.341 e.